The summed E-state index contributed by atoms with van der Waals surface area (Å²) in [7, 11) is 0. The van der Waals surface area contributed by atoms with Crippen LogP contribution < -0.4 is 5.32 Å². The second-order valence-corrected chi connectivity index (χ2v) is 5.82. The molecule has 1 fully saturated rings. The van der Waals surface area contributed by atoms with Crippen molar-refractivity contribution in [1.29, 1.82) is 0 Å². The second kappa shape index (κ2) is 6.17. The van der Waals surface area contributed by atoms with Crippen molar-refractivity contribution in [3.63, 3.8) is 0 Å². The molecule has 1 N–H and O–H groups in total. The predicted octanol–water partition coefficient (Wildman–Crippen LogP) is 3.16. The molecule has 3 rings (SSSR count). The average molecular weight is 312 g/mol. The molecule has 1 aliphatic heterocycles. The Morgan fingerprint density at radius 2 is 1.90 bits per heavy atom. The summed E-state index contributed by atoms with van der Waals surface area (Å²) in [5, 5.41) is 7.01. The van der Waals surface area contributed by atoms with Gasteiger partial charge in [0.1, 0.15) is 5.82 Å². The van der Waals surface area contributed by atoms with E-state index >= 15 is 0 Å². The van der Waals surface area contributed by atoms with Gasteiger partial charge in [0.05, 0.1) is 6.04 Å². The van der Waals surface area contributed by atoms with E-state index in [9.17, 15) is 13.2 Å². The summed E-state index contributed by atoms with van der Waals surface area (Å²) in [6.07, 6.45) is 0. The first-order chi connectivity index (χ1) is 10.2. The average Bonchev–Trinajstić information content (AvgIpc) is 2.99. The fourth-order valence-corrected chi connectivity index (χ4v) is 3.41. The lowest BCUT2D eigenvalue weighted by Gasteiger charge is -2.35. The monoisotopic (exact) mass is 312 g/mol. The van der Waals surface area contributed by atoms with E-state index in [0.717, 1.165) is 24.7 Å². The predicted molar refractivity (Wildman–Crippen MR) is 76.9 cm³/mol. The smallest absolute Gasteiger partial charge is 0.164 e. The van der Waals surface area contributed by atoms with Gasteiger partial charge in [0.15, 0.2) is 11.6 Å². The summed E-state index contributed by atoms with van der Waals surface area (Å²) in [4.78, 5) is 2.05. The normalized spacial score (nSPS) is 17.9. The Hall–Kier alpha value is -1.37. The Balaban J connectivity index is 2.07. The molecule has 21 heavy (non-hydrogen) atoms. The third-order valence-electron chi connectivity index (χ3n) is 3.69. The number of nitrogens with zero attached hydrogens (tertiary/aromatic N) is 1. The van der Waals surface area contributed by atoms with Crippen LogP contribution in [0.15, 0.2) is 29.0 Å². The zero-order valence-corrected chi connectivity index (χ0v) is 12.1. The Morgan fingerprint density at radius 3 is 2.57 bits per heavy atom. The van der Waals surface area contributed by atoms with Gasteiger partial charge in [-0.2, -0.15) is 11.3 Å². The Bertz CT molecular complexity index is 610. The topological polar surface area (TPSA) is 15.3 Å². The van der Waals surface area contributed by atoms with Crippen molar-refractivity contribution < 1.29 is 13.2 Å². The largest absolute Gasteiger partial charge is 0.314 e. The number of rotatable bonds is 3. The molecule has 1 aromatic carbocycles. The van der Waals surface area contributed by atoms with Crippen LogP contribution in [0, 0.1) is 17.5 Å². The van der Waals surface area contributed by atoms with E-state index in [0.29, 0.717) is 19.2 Å². The van der Waals surface area contributed by atoms with Crippen LogP contribution in [0.3, 0.4) is 0 Å². The molecule has 0 saturated carbocycles. The first-order valence-electron chi connectivity index (χ1n) is 6.78. The van der Waals surface area contributed by atoms with Crippen LogP contribution in [0.25, 0.3) is 0 Å². The van der Waals surface area contributed by atoms with Gasteiger partial charge in [-0.15, -0.1) is 0 Å². The minimum atomic E-state index is -1.14. The Kier molecular flexibility index (Phi) is 4.28. The molecule has 1 saturated heterocycles. The standard InChI is InChI=1S/C15H15F3N2S/c16-11-7-12(14(18)13(17)8-11)15(10-1-6-21-9-10)20-4-2-19-3-5-20/h1,6-9,15,19H,2-5H2/t15-/m0/s1. The van der Waals surface area contributed by atoms with Crippen LogP contribution in [-0.4, -0.2) is 31.1 Å². The molecule has 1 atom stereocenters. The number of thiophene rings is 1. The van der Waals surface area contributed by atoms with E-state index in [4.69, 9.17) is 0 Å². The van der Waals surface area contributed by atoms with E-state index in [1.165, 1.54) is 11.3 Å². The quantitative estimate of drug-likeness (QED) is 0.876. The van der Waals surface area contributed by atoms with E-state index in [-0.39, 0.29) is 5.56 Å². The molecule has 2 nitrogen and oxygen atoms in total. The maximum atomic E-state index is 14.2. The van der Waals surface area contributed by atoms with Gasteiger partial charge in [-0.05, 0) is 28.5 Å². The second-order valence-electron chi connectivity index (χ2n) is 5.04. The minimum Gasteiger partial charge on any atom is -0.314 e. The first-order valence-corrected chi connectivity index (χ1v) is 7.72. The molecule has 2 heterocycles. The molecule has 2 aromatic rings. The van der Waals surface area contributed by atoms with Crippen molar-refractivity contribution in [3.05, 3.63) is 57.5 Å². The summed E-state index contributed by atoms with van der Waals surface area (Å²) in [5.74, 6) is -2.86. The van der Waals surface area contributed by atoms with Crippen molar-refractivity contribution in [2.24, 2.45) is 0 Å². The molecule has 0 amide bonds. The van der Waals surface area contributed by atoms with E-state index in [2.05, 4.69) is 10.2 Å². The number of nitrogens with one attached hydrogen (secondary N) is 1. The van der Waals surface area contributed by atoms with Crippen LogP contribution in [0.4, 0.5) is 13.2 Å². The van der Waals surface area contributed by atoms with E-state index < -0.39 is 23.5 Å². The van der Waals surface area contributed by atoms with Gasteiger partial charge in [-0.25, -0.2) is 13.2 Å². The van der Waals surface area contributed by atoms with Gasteiger partial charge in [0.25, 0.3) is 0 Å². The molecular weight excluding hydrogens is 297 g/mol. The summed E-state index contributed by atoms with van der Waals surface area (Å²) in [6, 6.07) is 3.10. The number of benzene rings is 1. The number of piperazine rings is 1. The van der Waals surface area contributed by atoms with E-state index in [1.54, 1.807) is 0 Å². The van der Waals surface area contributed by atoms with Gasteiger partial charge in [-0.1, -0.05) is 0 Å². The number of halogens is 3. The lowest BCUT2D eigenvalue weighted by molar-refractivity contribution is 0.194. The number of hydrogen-bond donors (Lipinski definition) is 1. The van der Waals surface area contributed by atoms with Crippen LogP contribution >= 0.6 is 11.3 Å². The van der Waals surface area contributed by atoms with Crippen molar-refractivity contribution in [2.75, 3.05) is 26.2 Å². The van der Waals surface area contributed by atoms with Gasteiger partial charge in [-0.3, -0.25) is 4.90 Å². The van der Waals surface area contributed by atoms with Gasteiger partial charge < -0.3 is 5.32 Å². The highest BCUT2D eigenvalue weighted by atomic mass is 32.1. The molecule has 0 bridgehead atoms. The summed E-state index contributed by atoms with van der Waals surface area (Å²) < 4.78 is 41.3. The van der Waals surface area contributed by atoms with Gasteiger partial charge in [0.2, 0.25) is 0 Å². The van der Waals surface area contributed by atoms with Crippen LogP contribution in [-0.2, 0) is 0 Å². The molecule has 1 aromatic heterocycles. The molecule has 0 aliphatic carbocycles. The zero-order valence-electron chi connectivity index (χ0n) is 11.3. The fourth-order valence-electron chi connectivity index (χ4n) is 2.73. The van der Waals surface area contributed by atoms with Crippen molar-refractivity contribution in [3.8, 4) is 0 Å². The highest BCUT2D eigenvalue weighted by Crippen LogP contribution is 2.33. The van der Waals surface area contributed by atoms with Crippen LogP contribution in [0.2, 0.25) is 0 Å². The third-order valence-corrected chi connectivity index (χ3v) is 4.39. The van der Waals surface area contributed by atoms with Crippen molar-refractivity contribution in [2.45, 2.75) is 6.04 Å². The SMILES string of the molecule is Fc1cc(F)c(F)c([C@H](c2ccsc2)N2CCNCC2)c1. The summed E-state index contributed by atoms with van der Waals surface area (Å²) in [5.41, 5.74) is 0.929. The minimum absolute atomic E-state index is 0.0628. The van der Waals surface area contributed by atoms with Crippen LogP contribution in [0.5, 0.6) is 0 Å². The lowest BCUT2D eigenvalue weighted by Crippen LogP contribution is -2.45. The lowest BCUT2D eigenvalue weighted by atomic mass is 9.98. The Labute approximate surface area is 125 Å². The van der Waals surface area contributed by atoms with Crippen molar-refractivity contribution in [1.82, 2.24) is 10.2 Å². The molecular formula is C15H15F3N2S. The van der Waals surface area contributed by atoms with Gasteiger partial charge in [0, 0.05) is 37.8 Å². The molecule has 0 radical (unpaired) electrons. The number of hydrogen-bond acceptors (Lipinski definition) is 3. The highest BCUT2D eigenvalue weighted by Gasteiger charge is 2.28. The van der Waals surface area contributed by atoms with Crippen LogP contribution in [0.1, 0.15) is 17.2 Å². The highest BCUT2D eigenvalue weighted by molar-refractivity contribution is 7.08. The summed E-state index contributed by atoms with van der Waals surface area (Å²) in [6.45, 7) is 2.97. The zero-order chi connectivity index (χ0) is 14.8. The molecule has 6 heteroatoms. The molecule has 0 unspecified atom stereocenters. The van der Waals surface area contributed by atoms with Gasteiger partial charge >= 0.3 is 0 Å². The van der Waals surface area contributed by atoms with Crippen molar-refractivity contribution >= 4 is 11.3 Å². The summed E-state index contributed by atoms with van der Waals surface area (Å²) >= 11 is 1.49. The fraction of sp³-hybridized carbons (Fsp3) is 0.333. The molecule has 1 aliphatic rings. The Morgan fingerprint density at radius 1 is 1.14 bits per heavy atom. The third kappa shape index (κ3) is 2.97. The maximum absolute atomic E-state index is 14.2. The maximum Gasteiger partial charge on any atom is 0.164 e. The van der Waals surface area contributed by atoms with E-state index in [1.807, 2.05) is 16.8 Å². The first kappa shape index (κ1) is 14.6. The molecule has 0 spiro atoms. The molecule has 112 valence electrons.